The van der Waals surface area contributed by atoms with E-state index in [4.69, 9.17) is 4.74 Å². The van der Waals surface area contributed by atoms with Gasteiger partial charge in [0.2, 0.25) is 0 Å². The van der Waals surface area contributed by atoms with Gasteiger partial charge in [0, 0.05) is 49.0 Å². The molecule has 0 atom stereocenters. The van der Waals surface area contributed by atoms with Crippen molar-refractivity contribution in [2.75, 3.05) is 26.3 Å². The molecule has 0 unspecified atom stereocenters. The highest BCUT2D eigenvalue weighted by molar-refractivity contribution is 6.05. The molecule has 4 rings (SSSR count). The summed E-state index contributed by atoms with van der Waals surface area (Å²) in [5, 5.41) is 0.824. The summed E-state index contributed by atoms with van der Waals surface area (Å²) in [4.78, 5) is 30.1. The summed E-state index contributed by atoms with van der Waals surface area (Å²) in [6.07, 6.45) is 3.55. The molecule has 0 saturated carbocycles. The van der Waals surface area contributed by atoms with Gasteiger partial charge in [0.1, 0.15) is 5.52 Å². The number of carbonyl (C=O) groups excluding carboxylic acids is 1. The van der Waals surface area contributed by atoms with Gasteiger partial charge in [-0.1, -0.05) is 18.2 Å². The van der Waals surface area contributed by atoms with Gasteiger partial charge in [0.15, 0.2) is 0 Å². The maximum absolute atomic E-state index is 13.0. The average molecular weight is 337 g/mol. The van der Waals surface area contributed by atoms with E-state index in [9.17, 15) is 9.59 Å². The molecule has 1 fully saturated rings. The minimum Gasteiger partial charge on any atom is -0.378 e. The molecule has 128 valence electrons. The summed E-state index contributed by atoms with van der Waals surface area (Å²) in [5.74, 6) is -0.00330. The van der Waals surface area contributed by atoms with Crippen LogP contribution in [-0.2, 0) is 11.8 Å². The zero-order chi connectivity index (χ0) is 17.4. The van der Waals surface area contributed by atoms with Crippen LogP contribution in [0.2, 0.25) is 0 Å². The molecule has 3 heterocycles. The molecule has 2 aromatic heterocycles. The van der Waals surface area contributed by atoms with Crippen molar-refractivity contribution < 1.29 is 9.53 Å². The summed E-state index contributed by atoms with van der Waals surface area (Å²) in [5.41, 5.74) is 2.81. The zero-order valence-corrected chi connectivity index (χ0v) is 14.0. The van der Waals surface area contributed by atoms with E-state index in [1.165, 1.54) is 0 Å². The molecular formula is C19H19N3O3. The fraction of sp³-hybridized carbons (Fsp3) is 0.263. The van der Waals surface area contributed by atoms with Crippen LogP contribution in [-0.4, -0.2) is 46.7 Å². The number of amides is 1. The number of hydrogen-bond acceptors (Lipinski definition) is 3. The fourth-order valence-electron chi connectivity index (χ4n) is 3.32. The lowest BCUT2D eigenvalue weighted by atomic mass is 9.97. The first-order valence-corrected chi connectivity index (χ1v) is 8.30. The molecule has 3 aromatic rings. The van der Waals surface area contributed by atoms with Crippen molar-refractivity contribution in [2.24, 2.45) is 7.05 Å². The molecular weight excluding hydrogens is 318 g/mol. The first-order chi connectivity index (χ1) is 12.2. The second-order valence-electron chi connectivity index (χ2n) is 6.18. The van der Waals surface area contributed by atoms with Gasteiger partial charge in [-0.3, -0.25) is 9.59 Å². The van der Waals surface area contributed by atoms with Crippen molar-refractivity contribution >= 4 is 16.8 Å². The molecule has 25 heavy (non-hydrogen) atoms. The fourth-order valence-corrected chi connectivity index (χ4v) is 3.32. The van der Waals surface area contributed by atoms with Gasteiger partial charge >= 0.3 is 0 Å². The third-order valence-corrected chi connectivity index (χ3v) is 4.64. The Morgan fingerprint density at radius 2 is 1.88 bits per heavy atom. The number of morpholine rings is 1. The van der Waals surface area contributed by atoms with Gasteiger partial charge in [-0.25, -0.2) is 0 Å². The molecule has 1 amide bonds. The molecule has 0 aliphatic carbocycles. The van der Waals surface area contributed by atoms with E-state index in [0.29, 0.717) is 37.4 Å². The highest BCUT2D eigenvalue weighted by atomic mass is 16.5. The predicted molar refractivity (Wildman–Crippen MR) is 95.7 cm³/mol. The van der Waals surface area contributed by atoms with Gasteiger partial charge in [0.05, 0.1) is 13.2 Å². The van der Waals surface area contributed by atoms with Gasteiger partial charge in [0.25, 0.3) is 11.5 Å². The molecule has 0 spiro atoms. The number of ether oxygens (including phenoxy) is 1. The minimum absolute atomic E-state index is 0.00330. The van der Waals surface area contributed by atoms with Crippen LogP contribution in [0.25, 0.3) is 22.0 Å². The van der Waals surface area contributed by atoms with Crippen LogP contribution in [0.15, 0.2) is 47.5 Å². The first kappa shape index (κ1) is 15.7. The number of nitrogens with zero attached hydrogens (tertiary/aromatic N) is 2. The number of H-pyrrole nitrogens is 1. The lowest BCUT2D eigenvalue weighted by Crippen LogP contribution is -2.40. The van der Waals surface area contributed by atoms with Crippen LogP contribution in [0.3, 0.4) is 0 Å². The topological polar surface area (TPSA) is 67.3 Å². The van der Waals surface area contributed by atoms with Crippen LogP contribution in [0.5, 0.6) is 0 Å². The summed E-state index contributed by atoms with van der Waals surface area (Å²) in [6.45, 7) is 2.33. The molecule has 0 bridgehead atoms. The molecule has 1 aliphatic rings. The van der Waals surface area contributed by atoms with E-state index in [1.807, 2.05) is 35.2 Å². The van der Waals surface area contributed by atoms with E-state index in [1.54, 1.807) is 24.0 Å². The normalized spacial score (nSPS) is 14.8. The maximum Gasteiger partial charge on any atom is 0.274 e. The van der Waals surface area contributed by atoms with E-state index in [0.717, 1.165) is 16.5 Å². The van der Waals surface area contributed by atoms with Gasteiger partial charge < -0.3 is 19.2 Å². The molecule has 1 saturated heterocycles. The van der Waals surface area contributed by atoms with Crippen LogP contribution in [0.4, 0.5) is 0 Å². The highest BCUT2D eigenvalue weighted by Crippen LogP contribution is 2.30. The van der Waals surface area contributed by atoms with Gasteiger partial charge in [-0.2, -0.15) is 0 Å². The quantitative estimate of drug-likeness (QED) is 0.778. The molecule has 6 nitrogen and oxygen atoms in total. The van der Waals surface area contributed by atoms with E-state index in [-0.39, 0.29) is 11.5 Å². The molecule has 0 radical (unpaired) electrons. The Bertz CT molecular complexity index is 997. The summed E-state index contributed by atoms with van der Waals surface area (Å²) >= 11 is 0. The highest BCUT2D eigenvalue weighted by Gasteiger charge is 2.22. The zero-order valence-electron chi connectivity index (χ0n) is 14.0. The van der Waals surface area contributed by atoms with Crippen molar-refractivity contribution in [3.63, 3.8) is 0 Å². The number of nitrogens with one attached hydrogen (secondary N) is 1. The lowest BCUT2D eigenvalue weighted by molar-refractivity contribution is 0.0303. The third-order valence-electron chi connectivity index (χ3n) is 4.64. The monoisotopic (exact) mass is 337 g/mol. The lowest BCUT2D eigenvalue weighted by Gasteiger charge is -2.27. The molecule has 6 heteroatoms. The molecule has 1 N–H and O–H groups in total. The SMILES string of the molecule is Cn1cc(-c2ccccc2C(=O)N2CCOCC2)c2cc[nH]c2c1=O. The minimum atomic E-state index is -0.0827. The second-order valence-corrected chi connectivity index (χ2v) is 6.18. The van der Waals surface area contributed by atoms with Crippen LogP contribution in [0.1, 0.15) is 10.4 Å². The summed E-state index contributed by atoms with van der Waals surface area (Å²) < 4.78 is 6.89. The van der Waals surface area contributed by atoms with Crippen molar-refractivity contribution in [3.8, 4) is 11.1 Å². The van der Waals surface area contributed by atoms with Crippen molar-refractivity contribution in [3.05, 3.63) is 58.6 Å². The first-order valence-electron chi connectivity index (χ1n) is 8.30. The number of pyridine rings is 1. The van der Waals surface area contributed by atoms with Crippen LogP contribution >= 0.6 is 0 Å². The number of aryl methyl sites for hydroxylation is 1. The summed E-state index contributed by atoms with van der Waals surface area (Å²) in [7, 11) is 1.72. The Hall–Kier alpha value is -2.86. The Morgan fingerprint density at radius 1 is 1.12 bits per heavy atom. The van der Waals surface area contributed by atoms with Gasteiger partial charge in [-0.05, 0) is 17.7 Å². The smallest absolute Gasteiger partial charge is 0.274 e. The summed E-state index contributed by atoms with van der Waals surface area (Å²) in [6, 6.07) is 9.43. The Kier molecular flexibility index (Phi) is 3.89. The average Bonchev–Trinajstić information content (AvgIpc) is 3.15. The number of aromatic nitrogens is 2. The Balaban J connectivity index is 1.87. The maximum atomic E-state index is 13.0. The number of carbonyl (C=O) groups is 1. The number of aromatic amines is 1. The van der Waals surface area contributed by atoms with Crippen molar-refractivity contribution in [1.29, 1.82) is 0 Å². The number of fused-ring (bicyclic) bond motifs is 1. The van der Waals surface area contributed by atoms with E-state index in [2.05, 4.69) is 4.98 Å². The number of rotatable bonds is 2. The standard InChI is InChI=1S/C19H19N3O3/c1-21-12-16(14-6-7-20-17(14)19(21)24)13-4-2-3-5-15(13)18(23)22-8-10-25-11-9-22/h2-7,12,20H,8-11H2,1H3. The largest absolute Gasteiger partial charge is 0.378 e. The third kappa shape index (κ3) is 2.64. The van der Waals surface area contributed by atoms with E-state index < -0.39 is 0 Å². The second kappa shape index (κ2) is 6.22. The van der Waals surface area contributed by atoms with Crippen molar-refractivity contribution in [1.82, 2.24) is 14.5 Å². The Morgan fingerprint density at radius 3 is 2.68 bits per heavy atom. The van der Waals surface area contributed by atoms with Crippen LogP contribution < -0.4 is 5.56 Å². The molecule has 1 aliphatic heterocycles. The van der Waals surface area contributed by atoms with Crippen LogP contribution in [0, 0.1) is 0 Å². The van der Waals surface area contributed by atoms with Gasteiger partial charge in [-0.15, -0.1) is 0 Å². The predicted octanol–water partition coefficient (Wildman–Crippen LogP) is 2.01. The van der Waals surface area contributed by atoms with E-state index >= 15 is 0 Å². The number of benzene rings is 1. The number of hydrogen-bond donors (Lipinski definition) is 1. The Labute approximate surface area is 144 Å². The molecule has 1 aromatic carbocycles. The van der Waals surface area contributed by atoms with Crippen molar-refractivity contribution in [2.45, 2.75) is 0 Å².